The molecule has 2 aromatic rings. The fourth-order valence-electron chi connectivity index (χ4n) is 3.18. The number of nitrogens with two attached hydrogens (primary N) is 1. The SMILES string of the molecule is CC(C)c1ccccc1-c1cccc2c1CC[C@H]2N. The van der Waals surface area contributed by atoms with Crippen molar-refractivity contribution in [1.82, 2.24) is 0 Å². The quantitative estimate of drug-likeness (QED) is 0.840. The molecule has 2 N–H and O–H groups in total. The molecule has 0 radical (unpaired) electrons. The van der Waals surface area contributed by atoms with Crippen LogP contribution in [0.5, 0.6) is 0 Å². The van der Waals surface area contributed by atoms with Gasteiger partial charge in [-0.1, -0.05) is 56.3 Å². The van der Waals surface area contributed by atoms with Crippen LogP contribution < -0.4 is 5.73 Å². The van der Waals surface area contributed by atoms with E-state index in [1.807, 2.05) is 0 Å². The monoisotopic (exact) mass is 251 g/mol. The lowest BCUT2D eigenvalue weighted by molar-refractivity contribution is 0.713. The molecule has 1 atom stereocenters. The van der Waals surface area contributed by atoms with Gasteiger partial charge in [0.15, 0.2) is 0 Å². The molecule has 0 amide bonds. The summed E-state index contributed by atoms with van der Waals surface area (Å²) in [4.78, 5) is 0. The Kier molecular flexibility index (Phi) is 3.16. The standard InChI is InChI=1S/C18H21N/c1-12(2)13-6-3-4-7-14(13)15-8-5-9-17-16(15)10-11-18(17)19/h3-9,12,18H,10-11,19H2,1-2H3/t18-/m1/s1. The van der Waals surface area contributed by atoms with Crippen molar-refractivity contribution in [3.05, 3.63) is 59.2 Å². The third-order valence-electron chi connectivity index (χ3n) is 4.19. The summed E-state index contributed by atoms with van der Waals surface area (Å²) >= 11 is 0. The zero-order valence-electron chi connectivity index (χ0n) is 11.7. The van der Waals surface area contributed by atoms with Gasteiger partial charge in [-0.05, 0) is 46.6 Å². The number of hydrogen-bond donors (Lipinski definition) is 1. The van der Waals surface area contributed by atoms with E-state index in [-0.39, 0.29) is 6.04 Å². The van der Waals surface area contributed by atoms with Crippen molar-refractivity contribution in [2.45, 2.75) is 38.6 Å². The Labute approximate surface area is 115 Å². The van der Waals surface area contributed by atoms with Crippen LogP contribution in [0.4, 0.5) is 0 Å². The van der Waals surface area contributed by atoms with Crippen LogP contribution in [0.25, 0.3) is 11.1 Å². The maximum absolute atomic E-state index is 6.19. The predicted octanol–water partition coefficient (Wildman–Crippen LogP) is 4.42. The lowest BCUT2D eigenvalue weighted by atomic mass is 9.89. The van der Waals surface area contributed by atoms with Crippen LogP contribution in [0.3, 0.4) is 0 Å². The minimum atomic E-state index is 0.223. The van der Waals surface area contributed by atoms with Gasteiger partial charge in [-0.25, -0.2) is 0 Å². The second kappa shape index (κ2) is 4.82. The minimum Gasteiger partial charge on any atom is -0.324 e. The third-order valence-corrected chi connectivity index (χ3v) is 4.19. The van der Waals surface area contributed by atoms with Gasteiger partial charge in [0, 0.05) is 6.04 Å². The summed E-state index contributed by atoms with van der Waals surface area (Å²) in [5.74, 6) is 0.544. The van der Waals surface area contributed by atoms with E-state index in [0.717, 1.165) is 12.8 Å². The normalized spacial score (nSPS) is 17.8. The van der Waals surface area contributed by atoms with Gasteiger partial charge in [0.1, 0.15) is 0 Å². The van der Waals surface area contributed by atoms with Crippen molar-refractivity contribution in [2.75, 3.05) is 0 Å². The van der Waals surface area contributed by atoms with Crippen LogP contribution in [0, 0.1) is 0 Å². The van der Waals surface area contributed by atoms with Crippen molar-refractivity contribution < 1.29 is 0 Å². The van der Waals surface area contributed by atoms with Gasteiger partial charge >= 0.3 is 0 Å². The van der Waals surface area contributed by atoms with Gasteiger partial charge in [-0.3, -0.25) is 0 Å². The average Bonchev–Trinajstić information content (AvgIpc) is 2.81. The maximum Gasteiger partial charge on any atom is 0.0300 e. The van der Waals surface area contributed by atoms with E-state index in [1.54, 1.807) is 0 Å². The highest BCUT2D eigenvalue weighted by Crippen LogP contribution is 2.38. The van der Waals surface area contributed by atoms with Crippen molar-refractivity contribution in [1.29, 1.82) is 0 Å². The molecule has 1 heteroatoms. The van der Waals surface area contributed by atoms with Crippen molar-refractivity contribution >= 4 is 0 Å². The van der Waals surface area contributed by atoms with Gasteiger partial charge in [0.05, 0.1) is 0 Å². The molecule has 3 rings (SSSR count). The zero-order chi connectivity index (χ0) is 13.4. The molecule has 2 aromatic carbocycles. The topological polar surface area (TPSA) is 26.0 Å². The van der Waals surface area contributed by atoms with Crippen LogP contribution in [0.1, 0.15) is 48.9 Å². The number of rotatable bonds is 2. The second-order valence-electron chi connectivity index (χ2n) is 5.76. The van der Waals surface area contributed by atoms with E-state index in [2.05, 4.69) is 56.3 Å². The molecule has 0 aromatic heterocycles. The first kappa shape index (κ1) is 12.4. The highest BCUT2D eigenvalue weighted by molar-refractivity contribution is 5.73. The Morgan fingerprint density at radius 3 is 2.53 bits per heavy atom. The van der Waals surface area contributed by atoms with E-state index in [9.17, 15) is 0 Å². The first-order valence-corrected chi connectivity index (χ1v) is 7.15. The minimum absolute atomic E-state index is 0.223. The van der Waals surface area contributed by atoms with Gasteiger partial charge in [-0.15, -0.1) is 0 Å². The Morgan fingerprint density at radius 1 is 1.00 bits per heavy atom. The number of hydrogen-bond acceptors (Lipinski definition) is 1. The molecule has 0 saturated heterocycles. The summed E-state index contributed by atoms with van der Waals surface area (Å²) in [6, 6.07) is 15.6. The van der Waals surface area contributed by atoms with Crippen LogP contribution in [-0.4, -0.2) is 0 Å². The summed E-state index contributed by atoms with van der Waals surface area (Å²) in [7, 11) is 0. The third kappa shape index (κ3) is 2.08. The second-order valence-corrected chi connectivity index (χ2v) is 5.76. The Balaban J connectivity index is 2.19. The smallest absolute Gasteiger partial charge is 0.0300 e. The molecule has 0 saturated carbocycles. The molecule has 0 fully saturated rings. The molecule has 0 spiro atoms. The summed E-state index contributed by atoms with van der Waals surface area (Å²) < 4.78 is 0. The summed E-state index contributed by atoms with van der Waals surface area (Å²) in [6.07, 6.45) is 2.19. The molecule has 0 aliphatic heterocycles. The molecule has 1 aliphatic carbocycles. The zero-order valence-corrected chi connectivity index (χ0v) is 11.7. The van der Waals surface area contributed by atoms with E-state index in [4.69, 9.17) is 5.73 Å². The Morgan fingerprint density at radius 2 is 1.74 bits per heavy atom. The lowest BCUT2D eigenvalue weighted by Gasteiger charge is -2.16. The van der Waals surface area contributed by atoms with Crippen molar-refractivity contribution in [3.63, 3.8) is 0 Å². The van der Waals surface area contributed by atoms with Crippen LogP contribution in [0.2, 0.25) is 0 Å². The summed E-state index contributed by atoms with van der Waals surface area (Å²) in [5, 5.41) is 0. The van der Waals surface area contributed by atoms with Gasteiger partial charge in [0.2, 0.25) is 0 Å². The molecule has 1 nitrogen and oxygen atoms in total. The molecule has 0 bridgehead atoms. The van der Waals surface area contributed by atoms with Crippen LogP contribution in [-0.2, 0) is 6.42 Å². The fourth-order valence-corrected chi connectivity index (χ4v) is 3.18. The molecule has 0 heterocycles. The first-order chi connectivity index (χ1) is 9.18. The lowest BCUT2D eigenvalue weighted by Crippen LogP contribution is -2.05. The van der Waals surface area contributed by atoms with Crippen LogP contribution >= 0.6 is 0 Å². The highest BCUT2D eigenvalue weighted by atomic mass is 14.6. The molecule has 0 unspecified atom stereocenters. The van der Waals surface area contributed by atoms with E-state index in [1.165, 1.54) is 27.8 Å². The van der Waals surface area contributed by atoms with E-state index in [0.29, 0.717) is 5.92 Å². The Bertz CT molecular complexity index is 598. The molecule has 98 valence electrons. The van der Waals surface area contributed by atoms with Gasteiger partial charge in [-0.2, -0.15) is 0 Å². The van der Waals surface area contributed by atoms with E-state index < -0.39 is 0 Å². The molecular formula is C18H21N. The number of fused-ring (bicyclic) bond motifs is 1. The van der Waals surface area contributed by atoms with E-state index >= 15 is 0 Å². The van der Waals surface area contributed by atoms with Crippen molar-refractivity contribution in [2.24, 2.45) is 5.73 Å². The largest absolute Gasteiger partial charge is 0.324 e. The van der Waals surface area contributed by atoms with Crippen molar-refractivity contribution in [3.8, 4) is 11.1 Å². The maximum atomic E-state index is 6.19. The highest BCUT2D eigenvalue weighted by Gasteiger charge is 2.22. The molecule has 19 heavy (non-hydrogen) atoms. The predicted molar refractivity (Wildman–Crippen MR) is 81.2 cm³/mol. The fraction of sp³-hybridized carbons (Fsp3) is 0.333. The Hall–Kier alpha value is -1.60. The van der Waals surface area contributed by atoms with Gasteiger partial charge < -0.3 is 5.73 Å². The molecule has 1 aliphatic rings. The summed E-state index contributed by atoms with van der Waals surface area (Å²) in [5.41, 5.74) is 13.2. The number of benzene rings is 2. The van der Waals surface area contributed by atoms with Gasteiger partial charge in [0.25, 0.3) is 0 Å². The van der Waals surface area contributed by atoms with Crippen LogP contribution in [0.15, 0.2) is 42.5 Å². The molecular weight excluding hydrogens is 230 g/mol. The first-order valence-electron chi connectivity index (χ1n) is 7.15. The summed E-state index contributed by atoms with van der Waals surface area (Å²) in [6.45, 7) is 4.52. The average molecular weight is 251 g/mol.